The molecule has 0 aromatic carbocycles. The van der Waals surface area contributed by atoms with E-state index in [-0.39, 0.29) is 11.8 Å². The van der Waals surface area contributed by atoms with Gasteiger partial charge in [-0.1, -0.05) is 19.8 Å². The van der Waals surface area contributed by atoms with Crippen molar-refractivity contribution in [2.45, 2.75) is 32.2 Å². The maximum atomic E-state index is 11.8. The zero-order valence-corrected chi connectivity index (χ0v) is 10.5. The number of unbranched alkanes of at least 4 members (excludes halogenated alkanes) is 1. The van der Waals surface area contributed by atoms with E-state index in [2.05, 4.69) is 22.9 Å². The van der Waals surface area contributed by atoms with E-state index >= 15 is 0 Å². The van der Waals surface area contributed by atoms with E-state index in [4.69, 9.17) is 5.73 Å². The first-order valence-electron chi connectivity index (χ1n) is 4.69. The van der Waals surface area contributed by atoms with E-state index in [1.165, 1.54) is 11.3 Å². The van der Waals surface area contributed by atoms with E-state index in [1.54, 1.807) is 0 Å². The lowest BCUT2D eigenvalue weighted by atomic mass is 10.1. The highest BCUT2D eigenvalue weighted by Crippen LogP contribution is 2.24. The molecule has 0 amide bonds. The van der Waals surface area contributed by atoms with E-state index in [0.717, 1.165) is 28.6 Å². The summed E-state index contributed by atoms with van der Waals surface area (Å²) in [4.78, 5) is 12.5. The molecule has 0 saturated carbocycles. The fourth-order valence-electron chi connectivity index (χ4n) is 1.19. The van der Waals surface area contributed by atoms with Gasteiger partial charge in [-0.15, -0.1) is 11.3 Å². The van der Waals surface area contributed by atoms with Crippen LogP contribution in [0.25, 0.3) is 0 Å². The number of halogens is 1. The van der Waals surface area contributed by atoms with Crippen LogP contribution in [0.4, 0.5) is 0 Å². The molecule has 0 fully saturated rings. The average molecular weight is 276 g/mol. The van der Waals surface area contributed by atoms with Crippen LogP contribution in [0, 0.1) is 0 Å². The highest BCUT2D eigenvalue weighted by atomic mass is 79.9. The molecule has 78 valence electrons. The molecular formula is C10H14BrNOS. The fraction of sp³-hybridized carbons (Fsp3) is 0.500. The Hall–Kier alpha value is -0.190. The molecule has 4 heteroatoms. The summed E-state index contributed by atoms with van der Waals surface area (Å²) in [7, 11) is 0. The van der Waals surface area contributed by atoms with Gasteiger partial charge in [0.25, 0.3) is 0 Å². The molecule has 14 heavy (non-hydrogen) atoms. The van der Waals surface area contributed by atoms with Crippen molar-refractivity contribution in [1.82, 2.24) is 0 Å². The van der Waals surface area contributed by atoms with Crippen LogP contribution in [0.3, 0.4) is 0 Å². The molecule has 2 N–H and O–H groups in total. The van der Waals surface area contributed by atoms with Crippen molar-refractivity contribution >= 4 is 33.0 Å². The van der Waals surface area contributed by atoms with E-state index < -0.39 is 0 Å². The number of hydrogen-bond donors (Lipinski definition) is 1. The molecule has 1 atom stereocenters. The maximum Gasteiger partial charge on any atom is 0.190 e. The Kier molecular flexibility index (Phi) is 4.78. The SMILES string of the molecule is CCCCC(N)C(=O)c1sccc1Br. The number of nitrogens with two attached hydrogens (primary N) is 1. The van der Waals surface area contributed by atoms with Gasteiger partial charge in [-0.3, -0.25) is 4.79 Å². The zero-order chi connectivity index (χ0) is 10.6. The minimum absolute atomic E-state index is 0.0559. The first kappa shape index (κ1) is 11.9. The molecule has 0 saturated heterocycles. The van der Waals surface area contributed by atoms with E-state index in [0.29, 0.717) is 0 Å². The largest absolute Gasteiger partial charge is 0.321 e. The Morgan fingerprint density at radius 1 is 1.71 bits per heavy atom. The first-order chi connectivity index (χ1) is 6.66. The van der Waals surface area contributed by atoms with Gasteiger partial charge in [0.15, 0.2) is 5.78 Å². The van der Waals surface area contributed by atoms with Gasteiger partial charge in [0, 0.05) is 4.47 Å². The summed E-state index contributed by atoms with van der Waals surface area (Å²) in [5, 5.41) is 1.89. The van der Waals surface area contributed by atoms with E-state index in [1.807, 2.05) is 11.4 Å². The van der Waals surface area contributed by atoms with Gasteiger partial charge < -0.3 is 5.73 Å². The highest BCUT2D eigenvalue weighted by Gasteiger charge is 2.18. The summed E-state index contributed by atoms with van der Waals surface area (Å²) in [6, 6.07) is 1.54. The third-order valence-electron chi connectivity index (χ3n) is 2.05. The molecular weight excluding hydrogens is 262 g/mol. The summed E-state index contributed by atoms with van der Waals surface area (Å²) >= 11 is 4.78. The van der Waals surface area contributed by atoms with Crippen LogP contribution in [0.2, 0.25) is 0 Å². The molecule has 1 aromatic heterocycles. The summed E-state index contributed by atoms with van der Waals surface area (Å²) in [5.74, 6) is 0.0559. The summed E-state index contributed by atoms with van der Waals surface area (Å²) < 4.78 is 0.861. The molecule has 0 aliphatic rings. The van der Waals surface area contributed by atoms with Crippen molar-refractivity contribution in [3.63, 3.8) is 0 Å². The van der Waals surface area contributed by atoms with Crippen LogP contribution in [0.15, 0.2) is 15.9 Å². The van der Waals surface area contributed by atoms with Crippen molar-refractivity contribution in [2.24, 2.45) is 5.73 Å². The number of ketones is 1. The molecule has 1 heterocycles. The lowest BCUT2D eigenvalue weighted by molar-refractivity contribution is 0.0959. The predicted octanol–water partition coefficient (Wildman–Crippen LogP) is 3.21. The van der Waals surface area contributed by atoms with Crippen molar-refractivity contribution < 1.29 is 4.79 Å². The third kappa shape index (κ3) is 2.90. The molecule has 1 unspecified atom stereocenters. The van der Waals surface area contributed by atoms with Crippen LogP contribution < -0.4 is 5.73 Å². The van der Waals surface area contributed by atoms with Gasteiger partial charge in [-0.05, 0) is 33.8 Å². The Labute approximate surface area is 96.6 Å². The highest BCUT2D eigenvalue weighted by molar-refractivity contribution is 9.10. The van der Waals surface area contributed by atoms with Gasteiger partial charge in [0.05, 0.1) is 10.9 Å². The minimum atomic E-state index is -0.343. The number of Topliss-reactive ketones (excluding diaryl/α,β-unsaturated/α-hetero) is 1. The molecule has 0 bridgehead atoms. The standard InChI is InChI=1S/C10H14BrNOS/c1-2-3-4-8(12)9(13)10-7(11)5-6-14-10/h5-6,8H,2-4,12H2,1H3. The lowest BCUT2D eigenvalue weighted by Gasteiger charge is -2.08. The summed E-state index contributed by atoms with van der Waals surface area (Å²) in [6.45, 7) is 2.10. The van der Waals surface area contributed by atoms with Crippen LogP contribution >= 0.6 is 27.3 Å². The number of carbonyl (C=O) groups is 1. The third-order valence-corrected chi connectivity index (χ3v) is 3.90. The summed E-state index contributed by atoms with van der Waals surface area (Å²) in [6.07, 6.45) is 2.86. The van der Waals surface area contributed by atoms with Crippen molar-refractivity contribution in [3.8, 4) is 0 Å². The average Bonchev–Trinajstić information content (AvgIpc) is 2.59. The second-order valence-corrected chi connectivity index (χ2v) is 4.98. The van der Waals surface area contributed by atoms with Crippen molar-refractivity contribution in [1.29, 1.82) is 0 Å². The maximum absolute atomic E-state index is 11.8. The molecule has 0 radical (unpaired) electrons. The second-order valence-electron chi connectivity index (χ2n) is 3.21. The first-order valence-corrected chi connectivity index (χ1v) is 6.36. The van der Waals surface area contributed by atoms with Crippen LogP contribution in [-0.4, -0.2) is 11.8 Å². The minimum Gasteiger partial charge on any atom is -0.321 e. The normalized spacial score (nSPS) is 12.8. The Morgan fingerprint density at radius 2 is 2.43 bits per heavy atom. The lowest BCUT2D eigenvalue weighted by Crippen LogP contribution is -2.29. The topological polar surface area (TPSA) is 43.1 Å². The van der Waals surface area contributed by atoms with Gasteiger partial charge >= 0.3 is 0 Å². The molecule has 1 rings (SSSR count). The van der Waals surface area contributed by atoms with Crippen molar-refractivity contribution in [3.05, 3.63) is 20.8 Å². The molecule has 1 aromatic rings. The fourth-order valence-corrected chi connectivity index (χ4v) is 2.76. The molecule has 0 spiro atoms. The summed E-state index contributed by atoms with van der Waals surface area (Å²) in [5.41, 5.74) is 5.80. The monoisotopic (exact) mass is 275 g/mol. The predicted molar refractivity (Wildman–Crippen MR) is 63.8 cm³/mol. The van der Waals surface area contributed by atoms with Crippen LogP contribution in [0.5, 0.6) is 0 Å². The molecule has 2 nitrogen and oxygen atoms in total. The quantitative estimate of drug-likeness (QED) is 0.839. The molecule has 0 aliphatic heterocycles. The zero-order valence-electron chi connectivity index (χ0n) is 8.13. The van der Waals surface area contributed by atoms with Gasteiger partial charge in [0.1, 0.15) is 0 Å². The van der Waals surface area contributed by atoms with Crippen LogP contribution in [-0.2, 0) is 0 Å². The van der Waals surface area contributed by atoms with Gasteiger partial charge in [0.2, 0.25) is 0 Å². The van der Waals surface area contributed by atoms with E-state index in [9.17, 15) is 4.79 Å². The van der Waals surface area contributed by atoms with Gasteiger partial charge in [-0.2, -0.15) is 0 Å². The Morgan fingerprint density at radius 3 is 2.93 bits per heavy atom. The van der Waals surface area contributed by atoms with Gasteiger partial charge in [-0.25, -0.2) is 0 Å². The van der Waals surface area contributed by atoms with Crippen LogP contribution in [0.1, 0.15) is 35.9 Å². The number of thiophene rings is 1. The Balaban J connectivity index is 2.61. The van der Waals surface area contributed by atoms with Crippen molar-refractivity contribution in [2.75, 3.05) is 0 Å². The number of hydrogen-bond acceptors (Lipinski definition) is 3. The number of rotatable bonds is 5. The number of carbonyl (C=O) groups excluding carboxylic acids is 1. The molecule has 0 aliphatic carbocycles. The Bertz CT molecular complexity index is 311. The smallest absolute Gasteiger partial charge is 0.190 e. The second kappa shape index (κ2) is 5.63.